The van der Waals surface area contributed by atoms with E-state index in [1.807, 2.05) is 12.1 Å². The predicted molar refractivity (Wildman–Crippen MR) is 82.9 cm³/mol. The minimum absolute atomic E-state index is 0.422. The van der Waals surface area contributed by atoms with Crippen LogP contribution in [0, 0.1) is 0 Å². The Morgan fingerprint density at radius 2 is 1.59 bits per heavy atom. The van der Waals surface area contributed by atoms with Crippen LogP contribution in [0.4, 0.5) is 11.7 Å². The highest BCUT2D eigenvalue weighted by Gasteiger charge is 2.22. The molecule has 0 aliphatic carbocycles. The molecule has 1 aromatic carbocycles. The normalized spacial score (nSPS) is 15.3. The molecule has 0 N–H and O–H groups in total. The van der Waals surface area contributed by atoms with Crippen LogP contribution in [-0.2, 0) is 0 Å². The van der Waals surface area contributed by atoms with Crippen molar-refractivity contribution in [1.29, 1.82) is 0 Å². The molecule has 0 unspecified atom stereocenters. The number of para-hydroxylation sites is 1. The van der Waals surface area contributed by atoms with E-state index in [1.165, 1.54) is 5.69 Å². The van der Waals surface area contributed by atoms with Crippen molar-refractivity contribution in [1.82, 2.24) is 10.2 Å². The molecule has 3 heterocycles. The maximum Gasteiger partial charge on any atom is 0.318 e. The molecule has 0 atom stereocenters. The Hall–Kier alpha value is -2.76. The lowest BCUT2D eigenvalue weighted by Crippen LogP contribution is -2.46. The van der Waals surface area contributed by atoms with Crippen LogP contribution in [-0.4, -0.2) is 36.4 Å². The van der Waals surface area contributed by atoms with E-state index in [-0.39, 0.29) is 0 Å². The van der Waals surface area contributed by atoms with Crippen molar-refractivity contribution >= 4 is 11.7 Å². The summed E-state index contributed by atoms with van der Waals surface area (Å²) in [6.45, 7) is 3.58. The van der Waals surface area contributed by atoms with Crippen LogP contribution >= 0.6 is 0 Å². The maximum absolute atomic E-state index is 5.70. The van der Waals surface area contributed by atoms with Crippen molar-refractivity contribution in [3.63, 3.8) is 0 Å². The SMILES string of the molecule is c1ccc(N2CCN(c3nnc(-c4ccco4)o3)CC2)cc1. The van der Waals surface area contributed by atoms with Gasteiger partial charge in [0.2, 0.25) is 0 Å². The van der Waals surface area contributed by atoms with Crippen molar-refractivity contribution in [2.75, 3.05) is 36.0 Å². The summed E-state index contributed by atoms with van der Waals surface area (Å²) in [5.74, 6) is 1.02. The molecule has 0 saturated carbocycles. The summed E-state index contributed by atoms with van der Waals surface area (Å²) in [7, 11) is 0. The van der Waals surface area contributed by atoms with Crippen molar-refractivity contribution in [3.05, 3.63) is 48.7 Å². The van der Waals surface area contributed by atoms with Gasteiger partial charge in [0.15, 0.2) is 5.76 Å². The van der Waals surface area contributed by atoms with Crippen molar-refractivity contribution in [2.24, 2.45) is 0 Å². The molecule has 0 bridgehead atoms. The lowest BCUT2D eigenvalue weighted by molar-refractivity contribution is 0.498. The molecule has 4 rings (SSSR count). The van der Waals surface area contributed by atoms with E-state index in [0.717, 1.165) is 26.2 Å². The lowest BCUT2D eigenvalue weighted by Gasteiger charge is -2.35. The summed E-state index contributed by atoms with van der Waals surface area (Å²) in [6, 6.07) is 14.6. The number of benzene rings is 1. The Morgan fingerprint density at radius 1 is 0.818 bits per heavy atom. The number of piperazine rings is 1. The maximum atomic E-state index is 5.70. The Morgan fingerprint density at radius 3 is 2.32 bits per heavy atom. The summed E-state index contributed by atoms with van der Waals surface area (Å²) in [6.07, 6.45) is 1.60. The van der Waals surface area contributed by atoms with Crippen LogP contribution in [0.2, 0.25) is 0 Å². The number of anilines is 2. The van der Waals surface area contributed by atoms with Crippen LogP contribution < -0.4 is 9.80 Å². The Kier molecular flexibility index (Phi) is 3.27. The second kappa shape index (κ2) is 5.55. The fourth-order valence-electron chi connectivity index (χ4n) is 2.64. The van der Waals surface area contributed by atoms with Crippen LogP contribution in [0.5, 0.6) is 0 Å². The minimum atomic E-state index is 0.422. The van der Waals surface area contributed by atoms with Gasteiger partial charge in [-0.15, -0.1) is 5.10 Å². The van der Waals surface area contributed by atoms with Crippen LogP contribution in [0.3, 0.4) is 0 Å². The summed E-state index contributed by atoms with van der Waals surface area (Å²) in [5, 5.41) is 8.17. The predicted octanol–water partition coefficient (Wildman–Crippen LogP) is 2.66. The minimum Gasteiger partial charge on any atom is -0.459 e. The second-order valence-electron chi connectivity index (χ2n) is 5.18. The number of aromatic nitrogens is 2. The van der Waals surface area contributed by atoms with Crippen LogP contribution in [0.15, 0.2) is 57.6 Å². The molecule has 6 heteroatoms. The van der Waals surface area contributed by atoms with Crippen LogP contribution in [0.1, 0.15) is 0 Å². The van der Waals surface area contributed by atoms with Gasteiger partial charge in [-0.1, -0.05) is 23.3 Å². The second-order valence-corrected chi connectivity index (χ2v) is 5.18. The molecule has 0 radical (unpaired) electrons. The molecule has 1 aliphatic heterocycles. The number of hydrogen-bond donors (Lipinski definition) is 0. The van der Waals surface area contributed by atoms with Gasteiger partial charge in [0, 0.05) is 31.9 Å². The fourth-order valence-corrected chi connectivity index (χ4v) is 2.64. The fraction of sp³-hybridized carbons (Fsp3) is 0.250. The van der Waals surface area contributed by atoms with E-state index < -0.39 is 0 Å². The zero-order chi connectivity index (χ0) is 14.8. The van der Waals surface area contributed by atoms with Gasteiger partial charge in [0.25, 0.3) is 5.89 Å². The van der Waals surface area contributed by atoms with E-state index in [4.69, 9.17) is 8.83 Å². The van der Waals surface area contributed by atoms with Gasteiger partial charge >= 0.3 is 6.01 Å². The molecule has 1 aliphatic rings. The smallest absolute Gasteiger partial charge is 0.318 e. The lowest BCUT2D eigenvalue weighted by atomic mass is 10.2. The highest BCUT2D eigenvalue weighted by Crippen LogP contribution is 2.24. The van der Waals surface area contributed by atoms with E-state index in [9.17, 15) is 0 Å². The van der Waals surface area contributed by atoms with Gasteiger partial charge in [-0.25, -0.2) is 0 Å². The molecule has 1 saturated heterocycles. The van der Waals surface area contributed by atoms with Gasteiger partial charge in [-0.2, -0.15) is 0 Å². The number of nitrogens with zero attached hydrogens (tertiary/aromatic N) is 4. The van der Waals surface area contributed by atoms with E-state index in [2.05, 4.69) is 44.3 Å². The summed E-state index contributed by atoms with van der Waals surface area (Å²) in [4.78, 5) is 4.47. The van der Waals surface area contributed by atoms with E-state index in [1.54, 1.807) is 12.3 Å². The van der Waals surface area contributed by atoms with Gasteiger partial charge in [0.1, 0.15) is 0 Å². The third-order valence-electron chi connectivity index (χ3n) is 3.82. The number of hydrogen-bond acceptors (Lipinski definition) is 6. The molecule has 1 fully saturated rings. The Labute approximate surface area is 128 Å². The first-order valence-electron chi connectivity index (χ1n) is 7.32. The molecule has 0 spiro atoms. The van der Waals surface area contributed by atoms with Gasteiger partial charge < -0.3 is 18.6 Å². The third kappa shape index (κ3) is 2.43. The van der Waals surface area contributed by atoms with Gasteiger partial charge in [-0.05, 0) is 24.3 Å². The van der Waals surface area contributed by atoms with E-state index >= 15 is 0 Å². The monoisotopic (exact) mass is 296 g/mol. The standard InChI is InChI=1S/C16H16N4O2/c1-2-5-13(6-3-1)19-8-10-20(11-9-19)16-18-17-15(22-16)14-7-4-12-21-14/h1-7,12H,8-11H2. The number of furan rings is 1. The molecule has 6 nitrogen and oxygen atoms in total. The third-order valence-corrected chi connectivity index (χ3v) is 3.82. The van der Waals surface area contributed by atoms with Gasteiger partial charge in [-0.3, -0.25) is 0 Å². The van der Waals surface area contributed by atoms with Gasteiger partial charge in [0.05, 0.1) is 6.26 Å². The van der Waals surface area contributed by atoms with Crippen molar-refractivity contribution in [3.8, 4) is 11.7 Å². The largest absolute Gasteiger partial charge is 0.459 e. The van der Waals surface area contributed by atoms with Crippen molar-refractivity contribution in [2.45, 2.75) is 0 Å². The Balaban J connectivity index is 1.44. The average Bonchev–Trinajstić information content (AvgIpc) is 3.27. The molecule has 112 valence electrons. The molecule has 22 heavy (non-hydrogen) atoms. The molecular formula is C16H16N4O2. The number of rotatable bonds is 3. The highest BCUT2D eigenvalue weighted by atomic mass is 16.4. The zero-order valence-corrected chi connectivity index (χ0v) is 12.1. The summed E-state index contributed by atoms with van der Waals surface area (Å²) < 4.78 is 11.0. The Bertz CT molecular complexity index is 716. The average molecular weight is 296 g/mol. The van der Waals surface area contributed by atoms with Crippen LogP contribution in [0.25, 0.3) is 11.7 Å². The molecule has 3 aromatic rings. The molecule has 2 aromatic heterocycles. The first-order chi connectivity index (χ1) is 10.9. The van der Waals surface area contributed by atoms with Crippen molar-refractivity contribution < 1.29 is 8.83 Å². The zero-order valence-electron chi connectivity index (χ0n) is 12.1. The topological polar surface area (TPSA) is 58.5 Å². The molecular weight excluding hydrogens is 280 g/mol. The highest BCUT2D eigenvalue weighted by molar-refractivity contribution is 5.49. The summed E-state index contributed by atoms with van der Waals surface area (Å²) >= 11 is 0. The van der Waals surface area contributed by atoms with E-state index in [0.29, 0.717) is 17.7 Å². The first kappa shape index (κ1) is 12.9. The first-order valence-corrected chi connectivity index (χ1v) is 7.32. The summed E-state index contributed by atoms with van der Waals surface area (Å²) in [5.41, 5.74) is 1.25. The molecule has 0 amide bonds. The quantitative estimate of drug-likeness (QED) is 0.740.